The second kappa shape index (κ2) is 5.14. The van der Waals surface area contributed by atoms with E-state index in [4.69, 9.17) is 9.52 Å². The summed E-state index contributed by atoms with van der Waals surface area (Å²) >= 11 is 6.57. The Balaban J connectivity index is 2.37. The minimum absolute atomic E-state index is 0.332. The second-order valence-corrected chi connectivity index (χ2v) is 4.39. The molecule has 0 aromatic carbocycles. The molecule has 13 heavy (non-hydrogen) atoms. The van der Waals surface area contributed by atoms with Crippen LogP contribution in [0.4, 0.5) is 0 Å². The van der Waals surface area contributed by atoms with E-state index < -0.39 is 0 Å². The maximum atomic E-state index is 8.98. The summed E-state index contributed by atoms with van der Waals surface area (Å²) in [6.45, 7) is 2.92. The zero-order valence-corrected chi connectivity index (χ0v) is 10.4. The van der Waals surface area contributed by atoms with Crippen molar-refractivity contribution in [3.05, 3.63) is 21.0 Å². The van der Waals surface area contributed by atoms with Crippen LogP contribution in [0.3, 0.4) is 0 Å². The molecule has 0 radical (unpaired) electrons. The van der Waals surface area contributed by atoms with Crippen molar-refractivity contribution in [1.29, 1.82) is 0 Å². The van der Waals surface area contributed by atoms with E-state index in [1.165, 1.54) is 0 Å². The first kappa shape index (κ1) is 11.2. The molecule has 0 amide bonds. The Bertz CT molecular complexity index is 254. The van der Waals surface area contributed by atoms with E-state index >= 15 is 0 Å². The summed E-state index contributed by atoms with van der Waals surface area (Å²) in [5, 5.41) is 12.0. The number of aliphatic hydroxyl groups excluding tert-OH is 1. The molecule has 74 valence electrons. The number of halogens is 2. The minimum atomic E-state index is -0.332. The van der Waals surface area contributed by atoms with Crippen molar-refractivity contribution < 1.29 is 9.52 Å². The van der Waals surface area contributed by atoms with Gasteiger partial charge in [-0.05, 0) is 44.8 Å². The maximum absolute atomic E-state index is 8.98. The first-order chi connectivity index (χ1) is 6.09. The molecule has 1 aromatic heterocycles. The highest BCUT2D eigenvalue weighted by Crippen LogP contribution is 2.26. The zero-order valence-electron chi connectivity index (χ0n) is 7.18. The summed E-state index contributed by atoms with van der Waals surface area (Å²) in [5.74, 6) is 0.833. The van der Waals surface area contributed by atoms with E-state index in [2.05, 4.69) is 37.2 Å². The second-order valence-electron chi connectivity index (χ2n) is 2.81. The molecule has 1 rings (SSSR count). The van der Waals surface area contributed by atoms with Crippen molar-refractivity contribution in [1.82, 2.24) is 5.32 Å². The number of nitrogens with one attached hydrogen (secondary N) is 1. The molecule has 0 aliphatic rings. The van der Waals surface area contributed by atoms with Gasteiger partial charge in [0.1, 0.15) is 5.76 Å². The van der Waals surface area contributed by atoms with Crippen molar-refractivity contribution in [2.24, 2.45) is 0 Å². The molecule has 1 unspecified atom stereocenters. The molecule has 5 heteroatoms. The fourth-order valence-corrected chi connectivity index (χ4v) is 1.54. The van der Waals surface area contributed by atoms with Gasteiger partial charge in [0.15, 0.2) is 4.67 Å². The Morgan fingerprint density at radius 3 is 2.77 bits per heavy atom. The Kier molecular flexibility index (Phi) is 4.45. The van der Waals surface area contributed by atoms with Crippen molar-refractivity contribution in [3.8, 4) is 0 Å². The number of furan rings is 1. The number of aliphatic hydroxyl groups is 1. The SMILES string of the molecule is CC(O)CNCc1cc(Br)c(Br)o1. The first-order valence-electron chi connectivity index (χ1n) is 3.92. The van der Waals surface area contributed by atoms with Gasteiger partial charge >= 0.3 is 0 Å². The maximum Gasteiger partial charge on any atom is 0.183 e. The van der Waals surface area contributed by atoms with Crippen LogP contribution in [0.1, 0.15) is 12.7 Å². The first-order valence-corrected chi connectivity index (χ1v) is 5.50. The van der Waals surface area contributed by atoms with Crippen LogP contribution in [0.2, 0.25) is 0 Å². The van der Waals surface area contributed by atoms with E-state index in [0.717, 1.165) is 10.2 Å². The molecular formula is C8H11Br2NO2. The Hall–Kier alpha value is 0.160. The molecule has 0 saturated carbocycles. The van der Waals surface area contributed by atoms with Crippen LogP contribution in [-0.2, 0) is 6.54 Å². The molecule has 0 aliphatic heterocycles. The van der Waals surface area contributed by atoms with E-state index in [1.807, 2.05) is 6.07 Å². The van der Waals surface area contributed by atoms with Gasteiger partial charge in [0, 0.05) is 6.54 Å². The minimum Gasteiger partial charge on any atom is -0.452 e. The summed E-state index contributed by atoms with van der Waals surface area (Å²) in [5.41, 5.74) is 0. The number of rotatable bonds is 4. The third kappa shape index (κ3) is 3.81. The highest BCUT2D eigenvalue weighted by molar-refractivity contribution is 9.13. The predicted molar refractivity (Wildman–Crippen MR) is 57.5 cm³/mol. The molecule has 0 spiro atoms. The van der Waals surface area contributed by atoms with E-state index in [-0.39, 0.29) is 6.10 Å². The monoisotopic (exact) mass is 311 g/mol. The van der Waals surface area contributed by atoms with Crippen molar-refractivity contribution >= 4 is 31.9 Å². The molecular weight excluding hydrogens is 302 g/mol. The van der Waals surface area contributed by atoms with Crippen molar-refractivity contribution in [2.45, 2.75) is 19.6 Å². The molecule has 1 aromatic rings. The molecule has 3 nitrogen and oxygen atoms in total. The van der Waals surface area contributed by atoms with E-state index in [1.54, 1.807) is 6.92 Å². The van der Waals surface area contributed by atoms with Gasteiger partial charge in [0.05, 0.1) is 17.1 Å². The van der Waals surface area contributed by atoms with Crippen LogP contribution >= 0.6 is 31.9 Å². The Labute approximate surface area is 93.8 Å². The molecule has 0 aliphatic carbocycles. The van der Waals surface area contributed by atoms with Gasteiger partial charge in [0.25, 0.3) is 0 Å². The topological polar surface area (TPSA) is 45.4 Å². The third-order valence-electron chi connectivity index (χ3n) is 1.44. The Morgan fingerprint density at radius 2 is 2.31 bits per heavy atom. The average molecular weight is 313 g/mol. The number of hydrogen-bond acceptors (Lipinski definition) is 3. The molecule has 1 heterocycles. The summed E-state index contributed by atoms with van der Waals surface area (Å²) in [6.07, 6.45) is -0.332. The highest BCUT2D eigenvalue weighted by Gasteiger charge is 2.05. The predicted octanol–water partition coefficient (Wildman–Crippen LogP) is 2.28. The molecule has 1 atom stereocenters. The zero-order chi connectivity index (χ0) is 9.84. The Morgan fingerprint density at radius 1 is 1.62 bits per heavy atom. The lowest BCUT2D eigenvalue weighted by atomic mass is 10.4. The van der Waals surface area contributed by atoms with Crippen LogP contribution in [0.5, 0.6) is 0 Å². The quantitative estimate of drug-likeness (QED) is 0.896. The van der Waals surface area contributed by atoms with Gasteiger partial charge in [-0.3, -0.25) is 0 Å². The summed E-state index contributed by atoms with van der Waals surface area (Å²) in [6, 6.07) is 1.89. The fraction of sp³-hybridized carbons (Fsp3) is 0.500. The van der Waals surface area contributed by atoms with Crippen LogP contribution in [0.15, 0.2) is 19.6 Å². The molecule has 0 bridgehead atoms. The average Bonchev–Trinajstić information content (AvgIpc) is 2.30. The lowest BCUT2D eigenvalue weighted by Crippen LogP contribution is -2.23. The van der Waals surface area contributed by atoms with Gasteiger partial charge < -0.3 is 14.8 Å². The lowest BCUT2D eigenvalue weighted by Gasteiger charge is -2.03. The fourth-order valence-electron chi connectivity index (χ4n) is 0.883. The van der Waals surface area contributed by atoms with Crippen molar-refractivity contribution in [3.63, 3.8) is 0 Å². The smallest absolute Gasteiger partial charge is 0.183 e. The van der Waals surface area contributed by atoms with E-state index in [0.29, 0.717) is 17.8 Å². The summed E-state index contributed by atoms with van der Waals surface area (Å²) in [4.78, 5) is 0. The van der Waals surface area contributed by atoms with Gasteiger partial charge in [-0.25, -0.2) is 0 Å². The standard InChI is InChI=1S/C8H11Br2NO2/c1-5(12)3-11-4-6-2-7(9)8(10)13-6/h2,5,11-12H,3-4H2,1H3. The van der Waals surface area contributed by atoms with Gasteiger partial charge in [0.2, 0.25) is 0 Å². The molecule has 0 fully saturated rings. The largest absolute Gasteiger partial charge is 0.452 e. The number of hydrogen-bond donors (Lipinski definition) is 2. The van der Waals surface area contributed by atoms with Gasteiger partial charge in [-0.2, -0.15) is 0 Å². The van der Waals surface area contributed by atoms with Gasteiger partial charge in [-0.15, -0.1) is 0 Å². The van der Waals surface area contributed by atoms with Crippen LogP contribution in [-0.4, -0.2) is 17.8 Å². The molecule has 0 saturated heterocycles. The van der Waals surface area contributed by atoms with Crippen molar-refractivity contribution in [2.75, 3.05) is 6.54 Å². The lowest BCUT2D eigenvalue weighted by molar-refractivity contribution is 0.190. The van der Waals surface area contributed by atoms with Crippen LogP contribution in [0, 0.1) is 0 Å². The molecule has 2 N–H and O–H groups in total. The van der Waals surface area contributed by atoms with Crippen LogP contribution < -0.4 is 5.32 Å². The highest BCUT2D eigenvalue weighted by atomic mass is 79.9. The summed E-state index contributed by atoms with van der Waals surface area (Å²) < 4.78 is 6.92. The normalized spacial score (nSPS) is 13.2. The third-order valence-corrected chi connectivity index (χ3v) is 3.15. The summed E-state index contributed by atoms with van der Waals surface area (Å²) in [7, 11) is 0. The van der Waals surface area contributed by atoms with E-state index in [9.17, 15) is 0 Å². The van der Waals surface area contributed by atoms with Gasteiger partial charge in [-0.1, -0.05) is 0 Å². The van der Waals surface area contributed by atoms with Crippen LogP contribution in [0.25, 0.3) is 0 Å².